The molecule has 0 N–H and O–H groups in total. The van der Waals surface area contributed by atoms with Crippen LogP contribution in [-0.2, 0) is 5.41 Å². The van der Waals surface area contributed by atoms with Crippen LogP contribution in [0.3, 0.4) is 0 Å². The Morgan fingerprint density at radius 3 is 1.53 bits per heavy atom. The summed E-state index contributed by atoms with van der Waals surface area (Å²) in [5.74, 6) is 1.50. The van der Waals surface area contributed by atoms with E-state index in [0.717, 1.165) is 39.2 Å². The fourth-order valence-electron chi connectivity index (χ4n) is 9.93. The summed E-state index contributed by atoms with van der Waals surface area (Å²) in [6.45, 7) is 4.73. The van der Waals surface area contributed by atoms with Crippen molar-refractivity contribution in [2.45, 2.75) is 19.3 Å². The maximum atomic E-state index is 5.42. The minimum Gasteiger partial charge on any atom is -0.294 e. The summed E-state index contributed by atoms with van der Waals surface area (Å²) < 4.78 is 2.33. The van der Waals surface area contributed by atoms with Crippen LogP contribution in [0.1, 0.15) is 25.0 Å². The van der Waals surface area contributed by atoms with E-state index in [9.17, 15) is 0 Å². The molecule has 1 aliphatic rings. The predicted octanol–water partition coefficient (Wildman–Crippen LogP) is 15.4. The lowest BCUT2D eigenvalue weighted by molar-refractivity contribution is 0.661. The molecule has 0 aliphatic heterocycles. The Balaban J connectivity index is 1.10. The van der Waals surface area contributed by atoms with E-state index < -0.39 is 0 Å². The van der Waals surface area contributed by atoms with Crippen LogP contribution in [0, 0.1) is 0 Å². The van der Waals surface area contributed by atoms with Gasteiger partial charge in [0.2, 0.25) is 0 Å². The summed E-state index contributed by atoms with van der Waals surface area (Å²) in [5.41, 5.74) is 17.3. The third-order valence-electron chi connectivity index (χ3n) is 13.0. The molecule has 2 heterocycles. The summed E-state index contributed by atoms with van der Waals surface area (Å²) in [6.07, 6.45) is 0. The Morgan fingerprint density at radius 2 is 0.903 bits per heavy atom. The van der Waals surface area contributed by atoms with Gasteiger partial charge in [-0.3, -0.25) is 4.57 Å². The maximum Gasteiger partial charge on any atom is 0.162 e. The van der Waals surface area contributed by atoms with Gasteiger partial charge in [-0.1, -0.05) is 184 Å². The van der Waals surface area contributed by atoms with Gasteiger partial charge in [-0.05, 0) is 103 Å². The predicted molar refractivity (Wildman–Crippen MR) is 259 cm³/mol. The molecular formula is C59H41N3. The first-order chi connectivity index (χ1) is 30.5. The molecule has 11 aromatic rings. The monoisotopic (exact) mass is 791 g/mol. The van der Waals surface area contributed by atoms with Crippen LogP contribution in [0.15, 0.2) is 212 Å². The van der Waals surface area contributed by atoms with Gasteiger partial charge in [-0.2, -0.15) is 0 Å². The lowest BCUT2D eigenvalue weighted by Crippen LogP contribution is -2.14. The molecule has 0 saturated heterocycles. The lowest BCUT2D eigenvalue weighted by atomic mass is 9.81. The molecule has 3 nitrogen and oxygen atoms in total. The zero-order valence-corrected chi connectivity index (χ0v) is 34.5. The average molecular weight is 792 g/mol. The number of fused-ring (bicyclic) bond motifs is 7. The second-order valence-electron chi connectivity index (χ2n) is 17.0. The first-order valence-electron chi connectivity index (χ1n) is 21.4. The van der Waals surface area contributed by atoms with Crippen molar-refractivity contribution >= 4 is 32.6 Å². The van der Waals surface area contributed by atoms with Gasteiger partial charge in [-0.25, -0.2) is 9.97 Å². The van der Waals surface area contributed by atoms with Crippen molar-refractivity contribution < 1.29 is 0 Å². The third-order valence-corrected chi connectivity index (χ3v) is 13.0. The van der Waals surface area contributed by atoms with Gasteiger partial charge in [-0.15, -0.1) is 0 Å². The normalized spacial score (nSPS) is 12.8. The number of aromatic nitrogens is 3. The average Bonchev–Trinajstić information content (AvgIpc) is 3.78. The Labute approximate surface area is 361 Å². The van der Waals surface area contributed by atoms with Gasteiger partial charge in [0, 0.05) is 33.4 Å². The van der Waals surface area contributed by atoms with Crippen molar-refractivity contribution in [2.75, 3.05) is 0 Å². The zero-order chi connectivity index (χ0) is 41.4. The number of nitrogens with zero attached hydrogens (tertiary/aromatic N) is 3. The van der Waals surface area contributed by atoms with Crippen LogP contribution in [0.25, 0.3) is 106 Å². The molecule has 62 heavy (non-hydrogen) atoms. The van der Waals surface area contributed by atoms with Gasteiger partial charge in [0.15, 0.2) is 5.82 Å². The number of hydrogen-bond acceptors (Lipinski definition) is 2. The molecule has 1 aliphatic carbocycles. The van der Waals surface area contributed by atoms with Crippen molar-refractivity contribution in [3.05, 3.63) is 223 Å². The van der Waals surface area contributed by atoms with E-state index in [1.807, 2.05) is 6.07 Å². The highest BCUT2D eigenvalue weighted by molar-refractivity contribution is 6.12. The van der Waals surface area contributed by atoms with E-state index in [2.05, 4.69) is 225 Å². The molecule has 0 bridgehead atoms. The number of rotatable bonds is 6. The molecule has 292 valence electrons. The zero-order valence-electron chi connectivity index (χ0n) is 34.5. The molecule has 2 aromatic heterocycles. The van der Waals surface area contributed by atoms with E-state index in [4.69, 9.17) is 9.97 Å². The molecule has 12 rings (SSSR count). The standard InChI is InChI=1S/C59H41N3/c1-59(2)51-28-16-27-47(57(51)50-35-41-23-12-13-24-42(41)36-52(50)59)45-25-14-15-26-46(45)53-37-56(61-58(60-53)40-21-10-5-11-22-40)62-54-31-29-43(38-17-6-3-7-18-38)33-48(54)49-34-44(30-32-55(49)62)39-19-8-4-9-20-39/h3-37H,1-2H3. The molecular weight excluding hydrogens is 751 g/mol. The Bertz CT molecular complexity index is 3430. The van der Waals surface area contributed by atoms with Crippen LogP contribution < -0.4 is 0 Å². The molecule has 0 spiro atoms. The second kappa shape index (κ2) is 14.1. The first kappa shape index (κ1) is 36.0. The van der Waals surface area contributed by atoms with Crippen LogP contribution in [0.5, 0.6) is 0 Å². The molecule has 0 radical (unpaired) electrons. The fourth-order valence-corrected chi connectivity index (χ4v) is 9.93. The molecule has 0 saturated carbocycles. The van der Waals surface area contributed by atoms with Crippen LogP contribution in [0.2, 0.25) is 0 Å². The van der Waals surface area contributed by atoms with Crippen LogP contribution in [0.4, 0.5) is 0 Å². The molecule has 0 fully saturated rings. The van der Waals surface area contributed by atoms with Gasteiger partial charge >= 0.3 is 0 Å². The second-order valence-corrected chi connectivity index (χ2v) is 17.0. The molecule has 0 atom stereocenters. The van der Waals surface area contributed by atoms with E-state index in [1.54, 1.807) is 0 Å². The van der Waals surface area contributed by atoms with E-state index in [-0.39, 0.29) is 5.41 Å². The van der Waals surface area contributed by atoms with Crippen LogP contribution in [-0.4, -0.2) is 14.5 Å². The highest BCUT2D eigenvalue weighted by Gasteiger charge is 2.37. The highest BCUT2D eigenvalue weighted by atomic mass is 15.1. The Morgan fingerprint density at radius 1 is 0.371 bits per heavy atom. The van der Waals surface area contributed by atoms with Gasteiger partial charge in [0.1, 0.15) is 5.82 Å². The summed E-state index contributed by atoms with van der Waals surface area (Å²) in [7, 11) is 0. The highest BCUT2D eigenvalue weighted by Crippen LogP contribution is 2.54. The number of hydrogen-bond donors (Lipinski definition) is 0. The van der Waals surface area contributed by atoms with Crippen molar-refractivity contribution in [3.63, 3.8) is 0 Å². The number of benzene rings is 9. The van der Waals surface area contributed by atoms with Crippen LogP contribution >= 0.6 is 0 Å². The molecule has 0 unspecified atom stereocenters. The quantitative estimate of drug-likeness (QED) is 0.168. The van der Waals surface area contributed by atoms with Gasteiger partial charge in [0.25, 0.3) is 0 Å². The molecule has 9 aromatic carbocycles. The van der Waals surface area contributed by atoms with Crippen molar-refractivity contribution in [2.24, 2.45) is 0 Å². The third kappa shape index (κ3) is 5.73. The largest absolute Gasteiger partial charge is 0.294 e. The Kier molecular flexibility index (Phi) is 8.20. The smallest absolute Gasteiger partial charge is 0.162 e. The Hall–Kier alpha value is -7.88. The maximum absolute atomic E-state index is 5.42. The molecule has 3 heteroatoms. The summed E-state index contributed by atoms with van der Waals surface area (Å²) in [5, 5.41) is 4.88. The van der Waals surface area contributed by atoms with Gasteiger partial charge < -0.3 is 0 Å². The van der Waals surface area contributed by atoms with Crippen molar-refractivity contribution in [1.29, 1.82) is 0 Å². The van der Waals surface area contributed by atoms with Crippen molar-refractivity contribution in [3.8, 4) is 73.0 Å². The summed E-state index contributed by atoms with van der Waals surface area (Å²) in [6, 6.07) is 76.6. The SMILES string of the molecule is CC1(C)c2cc3ccccc3cc2-c2c(-c3ccccc3-c3cc(-n4c5ccc(-c6ccccc6)cc5c5cc(-c6ccccc6)ccc54)nc(-c4ccccc4)n3)cccc21. The fraction of sp³-hybridized carbons (Fsp3) is 0.0508. The lowest BCUT2D eigenvalue weighted by Gasteiger charge is -2.22. The van der Waals surface area contributed by atoms with Crippen molar-refractivity contribution in [1.82, 2.24) is 14.5 Å². The summed E-state index contributed by atoms with van der Waals surface area (Å²) in [4.78, 5) is 10.8. The minimum absolute atomic E-state index is 0.153. The first-order valence-corrected chi connectivity index (χ1v) is 21.4. The van der Waals surface area contributed by atoms with E-state index in [1.165, 1.54) is 71.6 Å². The van der Waals surface area contributed by atoms with E-state index in [0.29, 0.717) is 5.82 Å². The topological polar surface area (TPSA) is 30.7 Å². The molecule has 0 amide bonds. The van der Waals surface area contributed by atoms with Gasteiger partial charge in [0.05, 0.1) is 16.7 Å². The minimum atomic E-state index is -0.153. The summed E-state index contributed by atoms with van der Waals surface area (Å²) >= 11 is 0. The van der Waals surface area contributed by atoms with E-state index >= 15 is 0 Å².